The van der Waals surface area contributed by atoms with Gasteiger partial charge in [-0.3, -0.25) is 9.89 Å². The maximum atomic E-state index is 13.8. The van der Waals surface area contributed by atoms with Gasteiger partial charge in [0.25, 0.3) is 5.91 Å². The van der Waals surface area contributed by atoms with Gasteiger partial charge >= 0.3 is 6.18 Å². The maximum Gasteiger partial charge on any atom is 0.434 e. The molecular formula is C20H22F3N7O2. The van der Waals surface area contributed by atoms with Crippen LogP contribution in [-0.2, 0) is 12.6 Å². The monoisotopic (exact) mass is 449 g/mol. The van der Waals surface area contributed by atoms with E-state index in [1.54, 1.807) is 6.07 Å². The van der Waals surface area contributed by atoms with Crippen LogP contribution in [-0.4, -0.2) is 43.2 Å². The lowest BCUT2D eigenvalue weighted by Crippen LogP contribution is -2.21. The molecule has 2 N–H and O–H groups in total. The van der Waals surface area contributed by atoms with Crippen LogP contribution < -0.4 is 10.1 Å². The molecule has 32 heavy (non-hydrogen) atoms. The molecule has 0 unspecified atom stereocenters. The number of nitrogens with zero attached hydrogens (tertiary/aromatic N) is 5. The number of hydrogen-bond acceptors (Lipinski definition) is 6. The van der Waals surface area contributed by atoms with Crippen molar-refractivity contribution in [2.45, 2.75) is 44.7 Å². The molecule has 0 saturated heterocycles. The fourth-order valence-corrected chi connectivity index (χ4v) is 3.91. The number of aromatic amines is 1. The Morgan fingerprint density at radius 1 is 1.25 bits per heavy atom. The third-order valence-electron chi connectivity index (χ3n) is 5.44. The fraction of sp³-hybridized carbons (Fsp3) is 0.450. The molecule has 3 heterocycles. The van der Waals surface area contributed by atoms with Crippen molar-refractivity contribution in [3.8, 4) is 11.7 Å². The normalized spacial score (nSPS) is 15.0. The number of H-pyrrole nitrogens is 1. The summed E-state index contributed by atoms with van der Waals surface area (Å²) in [6, 6.07) is 4.27. The second-order valence-electron chi connectivity index (χ2n) is 7.69. The van der Waals surface area contributed by atoms with Gasteiger partial charge < -0.3 is 10.1 Å². The zero-order chi connectivity index (χ0) is 22.7. The van der Waals surface area contributed by atoms with Crippen molar-refractivity contribution in [1.29, 1.82) is 0 Å². The minimum absolute atomic E-state index is 0.134. The zero-order valence-electron chi connectivity index (χ0n) is 17.3. The molecule has 9 nitrogen and oxygen atoms in total. The summed E-state index contributed by atoms with van der Waals surface area (Å²) in [5.41, 5.74) is -1.06. The van der Waals surface area contributed by atoms with Crippen LogP contribution in [0.15, 0.2) is 24.4 Å². The highest BCUT2D eigenvalue weighted by Crippen LogP contribution is 2.34. The predicted octanol–water partition coefficient (Wildman–Crippen LogP) is 3.79. The van der Waals surface area contributed by atoms with Crippen molar-refractivity contribution in [2.24, 2.45) is 5.92 Å². The van der Waals surface area contributed by atoms with E-state index in [9.17, 15) is 18.0 Å². The molecule has 1 saturated carbocycles. The summed E-state index contributed by atoms with van der Waals surface area (Å²) < 4.78 is 46.8. The minimum atomic E-state index is -4.86. The Morgan fingerprint density at radius 3 is 2.69 bits per heavy atom. The Morgan fingerprint density at radius 2 is 2.03 bits per heavy atom. The molecule has 4 rings (SSSR count). The fourth-order valence-electron chi connectivity index (χ4n) is 3.91. The van der Waals surface area contributed by atoms with Gasteiger partial charge in [0.1, 0.15) is 0 Å². The van der Waals surface area contributed by atoms with Gasteiger partial charge in [0.05, 0.1) is 18.9 Å². The van der Waals surface area contributed by atoms with Gasteiger partial charge in [0.15, 0.2) is 17.3 Å². The Kier molecular flexibility index (Phi) is 6.10. The highest BCUT2D eigenvalue weighted by Gasteiger charge is 2.41. The number of halogens is 3. The average molecular weight is 449 g/mol. The number of rotatable bonds is 6. The van der Waals surface area contributed by atoms with Crippen molar-refractivity contribution >= 4 is 11.7 Å². The summed E-state index contributed by atoms with van der Waals surface area (Å²) in [6.07, 6.45) is 2.72. The number of alkyl halides is 3. The standard InChI is InChI=1S/C20H22F3N7O2/c1-32-17-8-7-16(28-29-17)30-18(20(21,22)23)14(11-24-30)19(31)25-15-10-13(26-27-15)9-12-5-3-2-4-6-12/h7-8,10-12H,2-6,9H2,1H3,(H2,25,26,27,31). The Balaban J connectivity index is 1.54. The summed E-state index contributed by atoms with van der Waals surface area (Å²) in [5, 5.41) is 20.4. The number of carbonyl (C=O) groups excluding carboxylic acids is 1. The van der Waals surface area contributed by atoms with E-state index < -0.39 is 23.3 Å². The van der Waals surface area contributed by atoms with E-state index in [1.165, 1.54) is 38.5 Å². The first-order chi connectivity index (χ1) is 15.3. The Hall–Kier alpha value is -3.44. The average Bonchev–Trinajstić information content (AvgIpc) is 3.41. The van der Waals surface area contributed by atoms with Crippen LogP contribution in [0.1, 0.15) is 53.8 Å². The van der Waals surface area contributed by atoms with Crippen molar-refractivity contribution < 1.29 is 22.7 Å². The van der Waals surface area contributed by atoms with Crippen LogP contribution in [0.5, 0.6) is 5.88 Å². The number of carbonyl (C=O) groups is 1. The third-order valence-corrected chi connectivity index (χ3v) is 5.44. The van der Waals surface area contributed by atoms with Gasteiger partial charge in [-0.15, -0.1) is 10.2 Å². The minimum Gasteiger partial charge on any atom is -0.480 e. The lowest BCUT2D eigenvalue weighted by Gasteiger charge is -2.20. The molecular weight excluding hydrogens is 427 g/mol. The molecule has 170 valence electrons. The number of aromatic nitrogens is 6. The molecule has 0 spiro atoms. The molecule has 3 aromatic rings. The van der Waals surface area contributed by atoms with Crippen LogP contribution in [0.4, 0.5) is 19.0 Å². The third kappa shape index (κ3) is 4.73. The van der Waals surface area contributed by atoms with Gasteiger partial charge in [-0.2, -0.15) is 23.4 Å². The summed E-state index contributed by atoms with van der Waals surface area (Å²) >= 11 is 0. The number of hydrogen-bond donors (Lipinski definition) is 2. The van der Waals surface area contributed by atoms with Crippen LogP contribution in [0.3, 0.4) is 0 Å². The summed E-state index contributed by atoms with van der Waals surface area (Å²) in [4.78, 5) is 12.7. The first-order valence-electron chi connectivity index (χ1n) is 10.2. The van der Waals surface area contributed by atoms with E-state index in [0.717, 1.165) is 31.2 Å². The summed E-state index contributed by atoms with van der Waals surface area (Å²) in [7, 11) is 1.36. The molecule has 1 amide bonds. The smallest absolute Gasteiger partial charge is 0.434 e. The molecule has 0 aromatic carbocycles. The van der Waals surface area contributed by atoms with Crippen LogP contribution in [0.2, 0.25) is 0 Å². The van der Waals surface area contributed by atoms with Crippen molar-refractivity contribution in [3.63, 3.8) is 0 Å². The molecule has 1 fully saturated rings. The highest BCUT2D eigenvalue weighted by molar-refractivity contribution is 6.04. The summed E-state index contributed by atoms with van der Waals surface area (Å²) in [6.45, 7) is 0. The second kappa shape index (κ2) is 8.97. The first kappa shape index (κ1) is 21.8. The molecule has 0 bridgehead atoms. The van der Waals surface area contributed by atoms with Gasteiger partial charge in [-0.1, -0.05) is 32.1 Å². The highest BCUT2D eigenvalue weighted by atomic mass is 19.4. The topological polar surface area (TPSA) is 111 Å². The van der Waals surface area contributed by atoms with Crippen LogP contribution >= 0.6 is 0 Å². The molecule has 1 aliphatic carbocycles. The zero-order valence-corrected chi connectivity index (χ0v) is 17.3. The lowest BCUT2D eigenvalue weighted by molar-refractivity contribution is -0.143. The van der Waals surface area contributed by atoms with Crippen LogP contribution in [0, 0.1) is 5.92 Å². The Labute approximate surface area is 181 Å². The number of methoxy groups -OCH3 is 1. The quantitative estimate of drug-likeness (QED) is 0.593. The van der Waals surface area contributed by atoms with Gasteiger partial charge in [-0.25, -0.2) is 4.68 Å². The molecule has 0 atom stereocenters. The number of anilines is 1. The second-order valence-corrected chi connectivity index (χ2v) is 7.69. The SMILES string of the molecule is COc1ccc(-n2ncc(C(=O)Nc3cc(CC4CCCCC4)[nH]n3)c2C(F)(F)F)nn1. The van der Waals surface area contributed by atoms with Gasteiger partial charge in [-0.05, 0) is 18.4 Å². The lowest BCUT2D eigenvalue weighted by atomic mass is 9.86. The summed E-state index contributed by atoms with van der Waals surface area (Å²) in [5.74, 6) is -0.332. The molecule has 0 radical (unpaired) electrons. The molecule has 12 heteroatoms. The molecule has 1 aliphatic rings. The van der Waals surface area contributed by atoms with Gasteiger partial charge in [0, 0.05) is 17.8 Å². The van der Waals surface area contributed by atoms with Crippen LogP contribution in [0.25, 0.3) is 5.82 Å². The van der Waals surface area contributed by atoms with E-state index in [1.807, 2.05) is 0 Å². The van der Waals surface area contributed by atoms with Crippen molar-refractivity contribution in [2.75, 3.05) is 12.4 Å². The van der Waals surface area contributed by atoms with E-state index in [2.05, 4.69) is 30.8 Å². The maximum absolute atomic E-state index is 13.8. The molecule has 0 aliphatic heterocycles. The number of amides is 1. The Bertz CT molecular complexity index is 1070. The number of ether oxygens (including phenoxy) is 1. The van der Waals surface area contributed by atoms with Crippen molar-refractivity contribution in [3.05, 3.63) is 41.3 Å². The van der Waals surface area contributed by atoms with E-state index in [-0.39, 0.29) is 17.5 Å². The van der Waals surface area contributed by atoms with E-state index in [4.69, 9.17) is 4.74 Å². The first-order valence-corrected chi connectivity index (χ1v) is 10.2. The largest absolute Gasteiger partial charge is 0.480 e. The predicted molar refractivity (Wildman–Crippen MR) is 108 cm³/mol. The van der Waals surface area contributed by atoms with Gasteiger partial charge in [0.2, 0.25) is 5.88 Å². The van der Waals surface area contributed by atoms with E-state index >= 15 is 0 Å². The molecule has 3 aromatic heterocycles. The van der Waals surface area contributed by atoms with Crippen molar-refractivity contribution in [1.82, 2.24) is 30.2 Å². The number of nitrogens with one attached hydrogen (secondary N) is 2. The van der Waals surface area contributed by atoms with E-state index in [0.29, 0.717) is 10.6 Å².